The number of rotatable bonds is 0. The molecule has 1 aromatic carbocycles. The molecule has 0 aromatic heterocycles. The molecule has 0 unspecified atom stereocenters. The molecule has 2 rings (SSSR count). The zero-order valence-corrected chi connectivity index (χ0v) is 9.00. The minimum atomic E-state index is 0.0983. The second-order valence-corrected chi connectivity index (χ2v) is 4.11. The standard InChI is InChI=1S/C8H7NO.C4H10/c10-8-5-6-3-1-2-4-7(6)9-8;1-4(2)3/h1-4H,5H2,(H,9,10);4H,1-3H3. The lowest BCUT2D eigenvalue weighted by Gasteiger charge is -1.93. The Balaban J connectivity index is 0.000000213. The minimum absolute atomic E-state index is 0.0983. The topological polar surface area (TPSA) is 29.1 Å². The van der Waals surface area contributed by atoms with Crippen molar-refractivity contribution >= 4 is 11.6 Å². The summed E-state index contributed by atoms with van der Waals surface area (Å²) in [5.74, 6) is 0.932. The zero-order valence-electron chi connectivity index (χ0n) is 9.00. The average molecular weight is 191 g/mol. The van der Waals surface area contributed by atoms with Gasteiger partial charge in [0, 0.05) is 5.69 Å². The lowest BCUT2D eigenvalue weighted by Crippen LogP contribution is -2.03. The van der Waals surface area contributed by atoms with Gasteiger partial charge in [-0.2, -0.15) is 0 Å². The van der Waals surface area contributed by atoms with Gasteiger partial charge < -0.3 is 5.32 Å². The largest absolute Gasteiger partial charge is 0.326 e. The molecule has 76 valence electrons. The molecule has 0 bridgehead atoms. The molecule has 2 nitrogen and oxygen atoms in total. The van der Waals surface area contributed by atoms with Gasteiger partial charge in [-0.15, -0.1) is 0 Å². The third-order valence-electron chi connectivity index (χ3n) is 1.64. The highest BCUT2D eigenvalue weighted by molar-refractivity contribution is 5.98. The summed E-state index contributed by atoms with van der Waals surface area (Å²) in [4.78, 5) is 10.8. The maximum atomic E-state index is 10.8. The molecule has 1 aliphatic rings. The number of benzene rings is 1. The van der Waals surface area contributed by atoms with Crippen molar-refractivity contribution in [1.82, 2.24) is 0 Å². The van der Waals surface area contributed by atoms with Crippen molar-refractivity contribution in [2.75, 3.05) is 5.32 Å². The van der Waals surface area contributed by atoms with E-state index in [2.05, 4.69) is 26.1 Å². The van der Waals surface area contributed by atoms with E-state index in [1.165, 1.54) is 0 Å². The van der Waals surface area contributed by atoms with Crippen molar-refractivity contribution < 1.29 is 4.79 Å². The number of hydrogen-bond acceptors (Lipinski definition) is 1. The van der Waals surface area contributed by atoms with Crippen molar-refractivity contribution in [3.63, 3.8) is 0 Å². The number of amides is 1. The molecule has 1 amide bonds. The molecule has 0 atom stereocenters. The summed E-state index contributed by atoms with van der Waals surface area (Å²) in [7, 11) is 0. The number of carbonyl (C=O) groups excluding carboxylic acids is 1. The van der Waals surface area contributed by atoms with Gasteiger partial charge in [0.25, 0.3) is 0 Å². The molecule has 0 saturated carbocycles. The molecule has 14 heavy (non-hydrogen) atoms. The Morgan fingerprint density at radius 1 is 1.21 bits per heavy atom. The quantitative estimate of drug-likeness (QED) is 0.671. The van der Waals surface area contributed by atoms with Crippen molar-refractivity contribution in [2.45, 2.75) is 27.2 Å². The van der Waals surface area contributed by atoms with Crippen LogP contribution < -0.4 is 5.32 Å². The molecule has 0 spiro atoms. The first-order chi connectivity index (χ1) is 6.59. The monoisotopic (exact) mass is 191 g/mol. The zero-order chi connectivity index (χ0) is 10.6. The number of fused-ring (bicyclic) bond motifs is 1. The number of hydrogen-bond donors (Lipinski definition) is 1. The van der Waals surface area contributed by atoms with Crippen molar-refractivity contribution in [1.29, 1.82) is 0 Å². The highest BCUT2D eigenvalue weighted by Gasteiger charge is 2.15. The SMILES string of the molecule is CC(C)C.O=C1Cc2ccccc2N1. The molecule has 1 heterocycles. The van der Waals surface area contributed by atoms with Crippen LogP contribution in [0.4, 0.5) is 5.69 Å². The number of anilines is 1. The van der Waals surface area contributed by atoms with Gasteiger partial charge in [0.1, 0.15) is 0 Å². The van der Waals surface area contributed by atoms with Crippen LogP contribution in [0.3, 0.4) is 0 Å². The van der Waals surface area contributed by atoms with Gasteiger partial charge in [-0.3, -0.25) is 4.79 Å². The highest BCUT2D eigenvalue weighted by Crippen LogP contribution is 2.20. The Bertz CT molecular complexity index is 288. The van der Waals surface area contributed by atoms with E-state index >= 15 is 0 Å². The number of para-hydroxylation sites is 1. The first kappa shape index (κ1) is 10.8. The Kier molecular flexibility index (Phi) is 3.69. The maximum Gasteiger partial charge on any atom is 0.228 e. The van der Waals surface area contributed by atoms with Gasteiger partial charge in [-0.1, -0.05) is 39.0 Å². The fourth-order valence-electron chi connectivity index (χ4n) is 1.16. The molecule has 1 N–H and O–H groups in total. The molecular weight excluding hydrogens is 174 g/mol. The van der Waals surface area contributed by atoms with Crippen molar-refractivity contribution in [3.05, 3.63) is 29.8 Å². The summed E-state index contributed by atoms with van der Waals surface area (Å²) >= 11 is 0. The summed E-state index contributed by atoms with van der Waals surface area (Å²) in [6.45, 7) is 6.50. The van der Waals surface area contributed by atoms with Gasteiger partial charge in [0.05, 0.1) is 6.42 Å². The Morgan fingerprint density at radius 3 is 2.36 bits per heavy atom. The van der Waals surface area contributed by atoms with Crippen LogP contribution in [0.25, 0.3) is 0 Å². The fraction of sp³-hybridized carbons (Fsp3) is 0.417. The van der Waals surface area contributed by atoms with E-state index in [9.17, 15) is 4.79 Å². The van der Waals surface area contributed by atoms with E-state index < -0.39 is 0 Å². The molecule has 0 radical (unpaired) electrons. The summed E-state index contributed by atoms with van der Waals surface area (Å²) < 4.78 is 0. The fourth-order valence-corrected chi connectivity index (χ4v) is 1.16. The Hall–Kier alpha value is -1.31. The van der Waals surface area contributed by atoms with Gasteiger partial charge in [-0.05, 0) is 17.5 Å². The second kappa shape index (κ2) is 4.80. The Labute approximate surface area is 85.3 Å². The van der Waals surface area contributed by atoms with Crippen molar-refractivity contribution in [2.24, 2.45) is 5.92 Å². The smallest absolute Gasteiger partial charge is 0.228 e. The summed E-state index contributed by atoms with van der Waals surface area (Å²) in [6.07, 6.45) is 0.538. The lowest BCUT2D eigenvalue weighted by molar-refractivity contribution is -0.115. The molecule has 0 saturated heterocycles. The first-order valence-electron chi connectivity index (χ1n) is 4.97. The normalized spacial score (nSPS) is 13.0. The van der Waals surface area contributed by atoms with Crippen LogP contribution in [0.15, 0.2) is 24.3 Å². The van der Waals surface area contributed by atoms with Crippen LogP contribution in [0.1, 0.15) is 26.3 Å². The summed E-state index contributed by atoms with van der Waals surface area (Å²) in [5, 5.41) is 2.76. The molecule has 0 aliphatic carbocycles. The van der Waals surface area contributed by atoms with E-state index in [1.807, 2.05) is 24.3 Å². The molecule has 2 heteroatoms. The van der Waals surface area contributed by atoms with Gasteiger partial charge >= 0.3 is 0 Å². The number of nitrogens with one attached hydrogen (secondary N) is 1. The van der Waals surface area contributed by atoms with Crippen LogP contribution in [0.5, 0.6) is 0 Å². The maximum absolute atomic E-state index is 10.8. The first-order valence-corrected chi connectivity index (χ1v) is 4.97. The molecule has 1 aliphatic heterocycles. The van der Waals surface area contributed by atoms with E-state index in [1.54, 1.807) is 0 Å². The van der Waals surface area contributed by atoms with Gasteiger partial charge in [0.15, 0.2) is 0 Å². The lowest BCUT2D eigenvalue weighted by atomic mass is 10.2. The van der Waals surface area contributed by atoms with Gasteiger partial charge in [0.2, 0.25) is 5.91 Å². The van der Waals surface area contributed by atoms with E-state index in [0.717, 1.165) is 17.2 Å². The highest BCUT2D eigenvalue weighted by atomic mass is 16.1. The predicted molar refractivity (Wildman–Crippen MR) is 59.3 cm³/mol. The van der Waals surface area contributed by atoms with Crippen molar-refractivity contribution in [3.8, 4) is 0 Å². The van der Waals surface area contributed by atoms with E-state index in [4.69, 9.17) is 0 Å². The Morgan fingerprint density at radius 2 is 1.79 bits per heavy atom. The minimum Gasteiger partial charge on any atom is -0.326 e. The average Bonchev–Trinajstić information content (AvgIpc) is 2.42. The van der Waals surface area contributed by atoms with Gasteiger partial charge in [-0.25, -0.2) is 0 Å². The van der Waals surface area contributed by atoms with Crippen LogP contribution in [-0.2, 0) is 11.2 Å². The van der Waals surface area contributed by atoms with E-state index in [-0.39, 0.29) is 5.91 Å². The number of carbonyl (C=O) groups is 1. The second-order valence-electron chi connectivity index (χ2n) is 4.11. The summed E-state index contributed by atoms with van der Waals surface area (Å²) in [5.41, 5.74) is 2.07. The predicted octanol–water partition coefficient (Wildman–Crippen LogP) is 2.84. The van der Waals surface area contributed by atoms with Crippen LogP contribution >= 0.6 is 0 Å². The third kappa shape index (κ3) is 3.21. The van der Waals surface area contributed by atoms with E-state index in [0.29, 0.717) is 6.42 Å². The summed E-state index contributed by atoms with van der Waals surface area (Å²) in [6, 6.07) is 7.75. The third-order valence-corrected chi connectivity index (χ3v) is 1.64. The molecule has 1 aromatic rings. The molecular formula is C12H17NO. The molecule has 0 fully saturated rings. The van der Waals surface area contributed by atoms with Crippen LogP contribution in [-0.4, -0.2) is 5.91 Å². The van der Waals surface area contributed by atoms with Crippen LogP contribution in [0.2, 0.25) is 0 Å². The van der Waals surface area contributed by atoms with Crippen LogP contribution in [0, 0.1) is 5.92 Å².